The lowest BCUT2D eigenvalue weighted by atomic mass is 10.2. The van der Waals surface area contributed by atoms with Gasteiger partial charge in [0.1, 0.15) is 0 Å². The van der Waals surface area contributed by atoms with E-state index in [9.17, 15) is 0 Å². The minimum absolute atomic E-state index is 0.550. The summed E-state index contributed by atoms with van der Waals surface area (Å²) in [7, 11) is 0. The third-order valence-corrected chi connectivity index (χ3v) is 4.21. The Morgan fingerprint density at radius 2 is 2.23 bits per heavy atom. The Morgan fingerprint density at radius 1 is 1.46 bits per heavy atom. The van der Waals surface area contributed by atoms with E-state index in [2.05, 4.69) is 34.6 Å². The van der Waals surface area contributed by atoms with Gasteiger partial charge in [-0.05, 0) is 17.7 Å². The van der Waals surface area contributed by atoms with Crippen LogP contribution in [0.4, 0.5) is 0 Å². The van der Waals surface area contributed by atoms with Crippen LogP contribution in [0.3, 0.4) is 0 Å². The molecule has 0 saturated heterocycles. The zero-order valence-electron chi connectivity index (χ0n) is 6.55. The molecule has 0 nitrogen and oxygen atoms in total. The Bertz CT molecular complexity index is 450. The first kappa shape index (κ1) is 9.84. The normalized spacial score (nSPS) is 11.0. The van der Waals surface area contributed by atoms with Gasteiger partial charge in [0.15, 0.2) is 0 Å². The predicted octanol–water partition coefficient (Wildman–Crippen LogP) is 4.69. The second-order valence-electron chi connectivity index (χ2n) is 2.71. The quantitative estimate of drug-likeness (QED) is 0.572. The summed E-state index contributed by atoms with van der Waals surface area (Å²) in [5.74, 6) is 0.550. The van der Waals surface area contributed by atoms with E-state index in [4.69, 9.17) is 11.6 Å². The Kier molecular flexibility index (Phi) is 2.88. The fraction of sp³-hybridized carbons (Fsp3) is 0.111. The van der Waals surface area contributed by atoms with Gasteiger partial charge in [0, 0.05) is 30.7 Å². The summed E-state index contributed by atoms with van der Waals surface area (Å²) < 4.78 is 2.31. The Labute approximate surface area is 99.4 Å². The van der Waals surface area contributed by atoms with Crippen LogP contribution in [0, 0.1) is 0 Å². The molecule has 0 aliphatic carbocycles. The number of halogens is 2. The molecule has 0 aliphatic heterocycles. The van der Waals surface area contributed by atoms with Crippen LogP contribution in [0.5, 0.6) is 0 Å². The minimum atomic E-state index is 0.550. The smallest absolute Gasteiger partial charge is 0.0474 e. The molecular formula is C9H6BrClS2. The molecule has 0 aliphatic rings. The van der Waals surface area contributed by atoms with Gasteiger partial charge in [-0.25, -0.2) is 0 Å². The lowest BCUT2D eigenvalue weighted by Gasteiger charge is -1.99. The van der Waals surface area contributed by atoms with Gasteiger partial charge in [-0.1, -0.05) is 15.9 Å². The number of hydrogen-bond donors (Lipinski definition) is 1. The molecule has 0 amide bonds. The lowest BCUT2D eigenvalue weighted by Crippen LogP contribution is -1.77. The summed E-state index contributed by atoms with van der Waals surface area (Å²) in [4.78, 5) is 1.02. The van der Waals surface area contributed by atoms with Gasteiger partial charge < -0.3 is 0 Å². The third kappa shape index (κ3) is 1.75. The molecule has 0 spiro atoms. The van der Waals surface area contributed by atoms with Crippen LogP contribution in [0.1, 0.15) is 5.56 Å². The van der Waals surface area contributed by atoms with Crippen molar-refractivity contribution in [1.29, 1.82) is 0 Å². The lowest BCUT2D eigenvalue weighted by molar-refractivity contribution is 1.42. The molecule has 0 saturated carbocycles. The zero-order chi connectivity index (χ0) is 9.42. The number of benzene rings is 1. The highest BCUT2D eigenvalue weighted by molar-refractivity contribution is 9.10. The highest BCUT2D eigenvalue weighted by Gasteiger charge is 2.06. The largest absolute Gasteiger partial charge is 0.143 e. The summed E-state index contributed by atoms with van der Waals surface area (Å²) in [6.45, 7) is 0. The zero-order valence-corrected chi connectivity index (χ0v) is 10.6. The highest BCUT2D eigenvalue weighted by atomic mass is 79.9. The molecule has 4 heteroatoms. The van der Waals surface area contributed by atoms with E-state index in [1.807, 2.05) is 11.4 Å². The van der Waals surface area contributed by atoms with Crippen molar-refractivity contribution in [3.63, 3.8) is 0 Å². The first-order valence-electron chi connectivity index (χ1n) is 3.67. The molecule has 1 aromatic carbocycles. The highest BCUT2D eigenvalue weighted by Crippen LogP contribution is 2.35. The van der Waals surface area contributed by atoms with Crippen molar-refractivity contribution in [3.05, 3.63) is 27.5 Å². The first-order chi connectivity index (χ1) is 6.22. The second kappa shape index (κ2) is 3.81. The number of alkyl halides is 1. The summed E-state index contributed by atoms with van der Waals surface area (Å²) in [6.07, 6.45) is 0. The van der Waals surface area contributed by atoms with E-state index in [1.165, 1.54) is 10.1 Å². The van der Waals surface area contributed by atoms with Crippen molar-refractivity contribution in [2.24, 2.45) is 0 Å². The van der Waals surface area contributed by atoms with Crippen LogP contribution in [-0.2, 0) is 5.88 Å². The van der Waals surface area contributed by atoms with E-state index in [0.29, 0.717) is 5.88 Å². The molecule has 0 unspecified atom stereocenters. The van der Waals surface area contributed by atoms with Gasteiger partial charge in [-0.2, -0.15) is 0 Å². The van der Waals surface area contributed by atoms with Crippen LogP contribution in [-0.4, -0.2) is 0 Å². The van der Waals surface area contributed by atoms with Crippen molar-refractivity contribution in [2.75, 3.05) is 0 Å². The maximum atomic E-state index is 5.77. The van der Waals surface area contributed by atoms with Crippen molar-refractivity contribution in [1.82, 2.24) is 0 Å². The van der Waals surface area contributed by atoms with Crippen molar-refractivity contribution >= 4 is 61.6 Å². The second-order valence-corrected chi connectivity index (χ2v) is 5.22. The van der Waals surface area contributed by atoms with Crippen molar-refractivity contribution < 1.29 is 0 Å². The molecule has 0 radical (unpaired) electrons. The minimum Gasteiger partial charge on any atom is -0.143 e. The number of fused-ring (bicyclic) bond motifs is 1. The number of thiophene rings is 1. The van der Waals surface area contributed by atoms with Gasteiger partial charge >= 0.3 is 0 Å². The van der Waals surface area contributed by atoms with Crippen LogP contribution in [0.25, 0.3) is 10.1 Å². The third-order valence-electron chi connectivity index (χ3n) is 1.82. The molecule has 0 N–H and O–H groups in total. The molecule has 1 aromatic heterocycles. The van der Waals surface area contributed by atoms with E-state index in [-0.39, 0.29) is 0 Å². The molecule has 2 rings (SSSR count). The molecule has 0 bridgehead atoms. The number of thiol groups is 1. The number of hydrogen-bond acceptors (Lipinski definition) is 2. The Hall–Kier alpha value is 0.300. The van der Waals surface area contributed by atoms with Gasteiger partial charge in [0.05, 0.1) is 0 Å². The maximum Gasteiger partial charge on any atom is 0.0474 e. The van der Waals surface area contributed by atoms with Crippen LogP contribution < -0.4 is 0 Å². The van der Waals surface area contributed by atoms with Crippen LogP contribution in [0.2, 0.25) is 0 Å². The summed E-state index contributed by atoms with van der Waals surface area (Å²) >= 11 is 15.4. The monoisotopic (exact) mass is 292 g/mol. The topological polar surface area (TPSA) is 0 Å². The van der Waals surface area contributed by atoms with E-state index < -0.39 is 0 Å². The van der Waals surface area contributed by atoms with E-state index in [0.717, 1.165) is 14.9 Å². The fourth-order valence-electron chi connectivity index (χ4n) is 1.23. The van der Waals surface area contributed by atoms with Gasteiger partial charge in [0.2, 0.25) is 0 Å². The summed E-state index contributed by atoms with van der Waals surface area (Å²) in [6, 6.07) is 4.15. The van der Waals surface area contributed by atoms with Crippen LogP contribution in [0.15, 0.2) is 26.9 Å². The summed E-state index contributed by atoms with van der Waals surface area (Å²) in [5, 5.41) is 3.22. The average molecular weight is 294 g/mol. The molecule has 1 heterocycles. The Morgan fingerprint density at radius 3 is 2.92 bits per heavy atom. The summed E-state index contributed by atoms with van der Waals surface area (Å²) in [5.41, 5.74) is 1.14. The molecular weight excluding hydrogens is 288 g/mol. The molecule has 0 fully saturated rings. The molecule has 0 atom stereocenters. The van der Waals surface area contributed by atoms with Gasteiger partial charge in [-0.15, -0.1) is 35.6 Å². The molecule has 2 aromatic rings. The maximum absolute atomic E-state index is 5.77. The predicted molar refractivity (Wildman–Crippen MR) is 66.3 cm³/mol. The Balaban J connectivity index is 2.79. The molecule has 68 valence electrons. The standard InChI is InChI=1S/C9H6BrClS2/c10-6-1-5(3-11)2-8-9(6)7(12)4-13-8/h1-2,4,12H,3H2. The number of rotatable bonds is 1. The van der Waals surface area contributed by atoms with E-state index in [1.54, 1.807) is 11.3 Å². The van der Waals surface area contributed by atoms with Crippen molar-refractivity contribution in [2.45, 2.75) is 10.8 Å². The van der Waals surface area contributed by atoms with Gasteiger partial charge in [0.25, 0.3) is 0 Å². The molecule has 13 heavy (non-hydrogen) atoms. The van der Waals surface area contributed by atoms with Crippen molar-refractivity contribution in [3.8, 4) is 0 Å². The fourth-order valence-corrected chi connectivity index (χ4v) is 3.78. The average Bonchev–Trinajstić information content (AvgIpc) is 2.48. The first-order valence-corrected chi connectivity index (χ1v) is 6.32. The van der Waals surface area contributed by atoms with E-state index >= 15 is 0 Å². The van der Waals surface area contributed by atoms with Crippen LogP contribution >= 0.6 is 51.5 Å². The SMILES string of the molecule is Sc1csc2cc(CCl)cc(Br)c12. The van der Waals surface area contributed by atoms with Gasteiger partial charge in [-0.3, -0.25) is 0 Å².